The molecule has 2 N–H and O–H groups in total. The fraction of sp³-hybridized carbons (Fsp3) is 0.474. The molecule has 26 heavy (non-hydrogen) atoms. The average molecular weight is 488 g/mol. The van der Waals surface area contributed by atoms with Crippen molar-refractivity contribution in [3.8, 4) is 0 Å². The number of aliphatic imine (C=N–C) groups is 1. The van der Waals surface area contributed by atoms with E-state index in [0.29, 0.717) is 25.7 Å². The van der Waals surface area contributed by atoms with Gasteiger partial charge in [-0.25, -0.2) is 4.98 Å². The molecular weight excluding hydrogens is 459 g/mol. The Morgan fingerprint density at radius 3 is 2.69 bits per heavy atom. The largest absolute Gasteiger partial charge is 0.376 e. The van der Waals surface area contributed by atoms with E-state index in [1.54, 1.807) is 18.4 Å². The smallest absolute Gasteiger partial charge is 0.191 e. The van der Waals surface area contributed by atoms with E-state index in [1.165, 1.54) is 10.6 Å². The molecule has 0 bridgehead atoms. The van der Waals surface area contributed by atoms with Crippen molar-refractivity contribution in [3.05, 3.63) is 52.0 Å². The summed E-state index contributed by atoms with van der Waals surface area (Å²) in [6.45, 7) is 7.16. The van der Waals surface area contributed by atoms with Gasteiger partial charge in [-0.05, 0) is 17.9 Å². The van der Waals surface area contributed by atoms with Crippen molar-refractivity contribution in [2.75, 3.05) is 20.2 Å². The molecule has 0 radical (unpaired) electrons. The standard InChI is InChI=1S/C19H28N4OS.HI/c1-4-18-23-17(14-25-18)11-22-19(20-3)21-10-15(2)12-24-13-16-8-6-5-7-9-16;/h5-9,14-15H,4,10-13H2,1-3H3,(H2,20,21,22);1H. The molecule has 1 atom stereocenters. The molecule has 0 saturated carbocycles. The summed E-state index contributed by atoms with van der Waals surface area (Å²) in [4.78, 5) is 8.81. The number of nitrogens with zero attached hydrogens (tertiary/aromatic N) is 2. The van der Waals surface area contributed by atoms with Gasteiger partial charge < -0.3 is 15.4 Å². The molecule has 2 aromatic rings. The molecule has 5 nitrogen and oxygen atoms in total. The second kappa shape index (κ2) is 13.1. The normalized spacial score (nSPS) is 12.3. The second-order valence-electron chi connectivity index (χ2n) is 6.00. The molecule has 1 aromatic heterocycles. The van der Waals surface area contributed by atoms with Crippen molar-refractivity contribution in [2.45, 2.75) is 33.4 Å². The monoisotopic (exact) mass is 488 g/mol. The van der Waals surface area contributed by atoms with Crippen LogP contribution in [0.2, 0.25) is 0 Å². The lowest BCUT2D eigenvalue weighted by Gasteiger charge is -2.16. The van der Waals surface area contributed by atoms with Crippen molar-refractivity contribution in [1.29, 1.82) is 0 Å². The highest BCUT2D eigenvalue weighted by molar-refractivity contribution is 14.0. The number of aryl methyl sites for hydroxylation is 1. The van der Waals surface area contributed by atoms with Gasteiger partial charge in [0.05, 0.1) is 30.5 Å². The first kappa shape index (κ1) is 22.9. The number of benzene rings is 1. The summed E-state index contributed by atoms with van der Waals surface area (Å²) >= 11 is 1.71. The maximum atomic E-state index is 5.78. The fourth-order valence-electron chi connectivity index (χ4n) is 2.27. The van der Waals surface area contributed by atoms with E-state index >= 15 is 0 Å². The second-order valence-corrected chi connectivity index (χ2v) is 6.94. The topological polar surface area (TPSA) is 58.5 Å². The number of guanidine groups is 1. The first-order chi connectivity index (χ1) is 12.2. The maximum Gasteiger partial charge on any atom is 0.191 e. The maximum absolute atomic E-state index is 5.78. The van der Waals surface area contributed by atoms with Gasteiger partial charge in [-0.2, -0.15) is 0 Å². The van der Waals surface area contributed by atoms with Crippen LogP contribution in [0.25, 0.3) is 0 Å². The Morgan fingerprint density at radius 1 is 1.27 bits per heavy atom. The van der Waals surface area contributed by atoms with E-state index < -0.39 is 0 Å². The van der Waals surface area contributed by atoms with E-state index in [2.05, 4.69) is 52.0 Å². The van der Waals surface area contributed by atoms with Gasteiger partial charge in [0, 0.05) is 19.0 Å². The summed E-state index contributed by atoms with van der Waals surface area (Å²) in [5.41, 5.74) is 2.26. The van der Waals surface area contributed by atoms with Crippen LogP contribution in [-0.2, 0) is 24.3 Å². The molecular formula is C19H29IN4OS. The number of thiazole rings is 1. The van der Waals surface area contributed by atoms with Gasteiger partial charge in [-0.15, -0.1) is 35.3 Å². The van der Waals surface area contributed by atoms with Crippen LogP contribution in [0.5, 0.6) is 0 Å². The quantitative estimate of drug-likeness (QED) is 0.320. The molecule has 0 aliphatic rings. The Balaban J connectivity index is 0.00000338. The first-order valence-corrected chi connectivity index (χ1v) is 9.58. The Kier molecular flexibility index (Phi) is 11.5. The minimum absolute atomic E-state index is 0. The average Bonchev–Trinajstić information content (AvgIpc) is 3.11. The van der Waals surface area contributed by atoms with E-state index in [0.717, 1.165) is 24.6 Å². The van der Waals surface area contributed by atoms with Crippen molar-refractivity contribution < 1.29 is 4.74 Å². The summed E-state index contributed by atoms with van der Waals surface area (Å²) in [6.07, 6.45) is 0.984. The molecule has 0 spiro atoms. The Morgan fingerprint density at radius 2 is 2.04 bits per heavy atom. The molecule has 1 aromatic carbocycles. The lowest BCUT2D eigenvalue weighted by molar-refractivity contribution is 0.0931. The molecule has 144 valence electrons. The van der Waals surface area contributed by atoms with Gasteiger partial charge >= 0.3 is 0 Å². The number of nitrogens with one attached hydrogen (secondary N) is 2. The number of hydrogen-bond acceptors (Lipinski definition) is 4. The fourth-order valence-corrected chi connectivity index (χ4v) is 3.01. The number of halogens is 1. The Hall–Kier alpha value is -1.19. The SMILES string of the molecule is CCc1nc(CNC(=NC)NCC(C)COCc2ccccc2)cs1.I. The summed E-state index contributed by atoms with van der Waals surface area (Å²) in [5.74, 6) is 1.19. The third kappa shape index (κ3) is 8.46. The predicted molar refractivity (Wildman–Crippen MR) is 120 cm³/mol. The van der Waals surface area contributed by atoms with Crippen LogP contribution < -0.4 is 10.6 Å². The third-order valence-corrected chi connectivity index (χ3v) is 4.74. The lowest BCUT2D eigenvalue weighted by Crippen LogP contribution is -2.39. The Bertz CT molecular complexity index is 648. The zero-order chi connectivity index (χ0) is 17.9. The molecule has 0 fully saturated rings. The van der Waals surface area contributed by atoms with Crippen LogP contribution in [0, 0.1) is 5.92 Å². The minimum atomic E-state index is 0. The van der Waals surface area contributed by atoms with Gasteiger partial charge in [0.1, 0.15) is 0 Å². The van der Waals surface area contributed by atoms with Crippen LogP contribution >= 0.6 is 35.3 Å². The van der Waals surface area contributed by atoms with E-state index in [1.807, 2.05) is 18.2 Å². The zero-order valence-corrected chi connectivity index (χ0v) is 18.8. The molecule has 1 heterocycles. The van der Waals surface area contributed by atoms with Crippen LogP contribution in [0.15, 0.2) is 40.7 Å². The van der Waals surface area contributed by atoms with Crippen LogP contribution in [0.3, 0.4) is 0 Å². The first-order valence-electron chi connectivity index (χ1n) is 8.70. The Labute approximate surface area is 177 Å². The molecule has 7 heteroatoms. The number of rotatable bonds is 9. The minimum Gasteiger partial charge on any atom is -0.376 e. The molecule has 0 amide bonds. The zero-order valence-electron chi connectivity index (χ0n) is 15.7. The van der Waals surface area contributed by atoms with E-state index in [4.69, 9.17) is 4.74 Å². The lowest BCUT2D eigenvalue weighted by atomic mass is 10.2. The predicted octanol–water partition coefficient (Wildman–Crippen LogP) is 3.84. The number of ether oxygens (including phenoxy) is 1. The molecule has 0 saturated heterocycles. The number of aromatic nitrogens is 1. The molecule has 1 unspecified atom stereocenters. The molecule has 0 aliphatic carbocycles. The van der Waals surface area contributed by atoms with E-state index in [-0.39, 0.29) is 24.0 Å². The molecule has 0 aliphatic heterocycles. The number of hydrogen-bond donors (Lipinski definition) is 2. The van der Waals surface area contributed by atoms with Gasteiger partial charge in [0.15, 0.2) is 5.96 Å². The summed E-state index contributed by atoms with van der Waals surface area (Å²) in [6, 6.07) is 10.2. The van der Waals surface area contributed by atoms with Crippen molar-refractivity contribution in [3.63, 3.8) is 0 Å². The van der Waals surface area contributed by atoms with Crippen LogP contribution in [0.1, 0.15) is 30.1 Å². The van der Waals surface area contributed by atoms with Gasteiger partial charge in [-0.1, -0.05) is 44.2 Å². The van der Waals surface area contributed by atoms with Gasteiger partial charge in [0.25, 0.3) is 0 Å². The van der Waals surface area contributed by atoms with Crippen LogP contribution in [0.4, 0.5) is 0 Å². The molecule has 2 rings (SSSR count). The highest BCUT2D eigenvalue weighted by atomic mass is 127. The summed E-state index contributed by atoms with van der Waals surface area (Å²) in [5, 5.41) is 9.91. The van der Waals surface area contributed by atoms with Crippen molar-refractivity contribution in [2.24, 2.45) is 10.9 Å². The highest BCUT2D eigenvalue weighted by Gasteiger charge is 2.06. The summed E-state index contributed by atoms with van der Waals surface area (Å²) in [7, 11) is 1.78. The van der Waals surface area contributed by atoms with Gasteiger partial charge in [0.2, 0.25) is 0 Å². The third-order valence-electron chi connectivity index (χ3n) is 3.69. The van der Waals surface area contributed by atoms with Crippen LogP contribution in [-0.4, -0.2) is 31.1 Å². The van der Waals surface area contributed by atoms with E-state index in [9.17, 15) is 0 Å². The van der Waals surface area contributed by atoms with Crippen molar-refractivity contribution >= 4 is 41.3 Å². The highest BCUT2D eigenvalue weighted by Crippen LogP contribution is 2.09. The van der Waals surface area contributed by atoms with Gasteiger partial charge in [-0.3, -0.25) is 4.99 Å². The van der Waals surface area contributed by atoms with Crippen molar-refractivity contribution in [1.82, 2.24) is 15.6 Å². The summed E-state index contributed by atoms with van der Waals surface area (Å²) < 4.78 is 5.78.